The van der Waals surface area contributed by atoms with Crippen molar-refractivity contribution in [2.75, 3.05) is 13.1 Å². The fourth-order valence-electron chi connectivity index (χ4n) is 1.96. The molecule has 26 heavy (non-hydrogen) atoms. The summed E-state index contributed by atoms with van der Waals surface area (Å²) in [6.45, 7) is 2.70. The first-order valence-electron chi connectivity index (χ1n) is 8.13. The van der Waals surface area contributed by atoms with Gasteiger partial charge in [0.25, 0.3) is 0 Å². The summed E-state index contributed by atoms with van der Waals surface area (Å²) in [7, 11) is 0. The van der Waals surface area contributed by atoms with Crippen molar-refractivity contribution in [3.8, 4) is 0 Å². The second-order valence-electron chi connectivity index (χ2n) is 6.19. The third-order valence-corrected chi connectivity index (χ3v) is 3.23. The maximum absolute atomic E-state index is 12.0. The van der Waals surface area contributed by atoms with Gasteiger partial charge in [-0.3, -0.25) is 24.0 Å². The third kappa shape index (κ3) is 11.0. The molecule has 0 aromatic rings. The summed E-state index contributed by atoms with van der Waals surface area (Å²) in [4.78, 5) is 56.8. The molecule has 0 radical (unpaired) electrons. The van der Waals surface area contributed by atoms with Crippen LogP contribution in [0.3, 0.4) is 0 Å². The van der Waals surface area contributed by atoms with Gasteiger partial charge in [-0.25, -0.2) is 0 Å². The number of carbonyl (C=O) groups excluding carboxylic acids is 4. The maximum Gasteiger partial charge on any atom is 0.322 e. The van der Waals surface area contributed by atoms with Crippen LogP contribution in [-0.4, -0.2) is 59.9 Å². The summed E-state index contributed by atoms with van der Waals surface area (Å²) in [5.41, 5.74) is 10.5. The van der Waals surface area contributed by atoms with E-state index in [9.17, 15) is 24.0 Å². The summed E-state index contributed by atoms with van der Waals surface area (Å²) in [6, 6.07) is -1.91. The molecule has 0 saturated carbocycles. The van der Waals surface area contributed by atoms with E-state index in [0.717, 1.165) is 0 Å². The Kier molecular flexibility index (Phi) is 10.6. The average Bonchev–Trinajstić information content (AvgIpc) is 2.54. The lowest BCUT2D eigenvalue weighted by Crippen LogP contribution is -2.52. The summed E-state index contributed by atoms with van der Waals surface area (Å²) >= 11 is 0. The number of carbonyl (C=O) groups is 5. The molecule has 11 nitrogen and oxygen atoms in total. The van der Waals surface area contributed by atoms with Gasteiger partial charge < -0.3 is 32.5 Å². The largest absolute Gasteiger partial charge is 0.480 e. The topological polar surface area (TPSA) is 194 Å². The molecule has 2 unspecified atom stereocenters. The molecule has 148 valence electrons. The van der Waals surface area contributed by atoms with Gasteiger partial charge in [0.2, 0.25) is 23.6 Å². The van der Waals surface area contributed by atoms with Gasteiger partial charge in [0, 0.05) is 6.42 Å². The van der Waals surface area contributed by atoms with Crippen LogP contribution in [0, 0.1) is 5.92 Å². The number of hydrogen-bond acceptors (Lipinski definition) is 6. The maximum atomic E-state index is 12.0. The number of nitrogens with one attached hydrogen (secondary N) is 3. The second kappa shape index (κ2) is 11.8. The quantitative estimate of drug-likeness (QED) is 0.216. The first-order valence-corrected chi connectivity index (χ1v) is 8.13. The lowest BCUT2D eigenvalue weighted by Gasteiger charge is -2.20. The van der Waals surface area contributed by atoms with E-state index in [4.69, 9.17) is 16.6 Å². The van der Waals surface area contributed by atoms with Crippen LogP contribution in [0.15, 0.2) is 0 Å². The Labute approximate surface area is 151 Å². The molecule has 0 spiro atoms. The van der Waals surface area contributed by atoms with Gasteiger partial charge in [-0.2, -0.15) is 0 Å². The fourth-order valence-corrected chi connectivity index (χ4v) is 1.96. The number of primary amides is 1. The van der Waals surface area contributed by atoms with Crippen molar-refractivity contribution in [3.63, 3.8) is 0 Å². The molecule has 0 fully saturated rings. The van der Waals surface area contributed by atoms with Gasteiger partial charge in [-0.1, -0.05) is 13.8 Å². The molecule has 11 heteroatoms. The number of aliphatic carboxylic acids is 1. The molecule has 0 aliphatic rings. The average molecular weight is 373 g/mol. The van der Waals surface area contributed by atoms with Crippen LogP contribution in [-0.2, 0) is 24.0 Å². The smallest absolute Gasteiger partial charge is 0.322 e. The van der Waals surface area contributed by atoms with E-state index in [1.165, 1.54) is 0 Å². The Hall–Kier alpha value is -2.69. The highest BCUT2D eigenvalue weighted by molar-refractivity contribution is 5.92. The van der Waals surface area contributed by atoms with Gasteiger partial charge in [0.05, 0.1) is 12.6 Å². The predicted octanol–water partition coefficient (Wildman–Crippen LogP) is -2.57. The van der Waals surface area contributed by atoms with Gasteiger partial charge in [0.1, 0.15) is 12.6 Å². The van der Waals surface area contributed by atoms with Crippen LogP contribution in [0.5, 0.6) is 0 Å². The lowest BCUT2D eigenvalue weighted by atomic mass is 10.0. The Morgan fingerprint density at radius 3 is 2.08 bits per heavy atom. The first-order chi connectivity index (χ1) is 12.0. The summed E-state index contributed by atoms with van der Waals surface area (Å²) in [5.74, 6) is -3.61. The molecule has 4 amide bonds. The molecule has 0 aliphatic heterocycles. The van der Waals surface area contributed by atoms with E-state index in [2.05, 4.69) is 16.0 Å². The Morgan fingerprint density at radius 2 is 1.58 bits per heavy atom. The van der Waals surface area contributed by atoms with Crippen LogP contribution in [0.25, 0.3) is 0 Å². The number of nitrogens with two attached hydrogens (primary N) is 2. The molecule has 0 rings (SSSR count). The van der Waals surface area contributed by atoms with Gasteiger partial charge in [0.15, 0.2) is 0 Å². The second-order valence-corrected chi connectivity index (χ2v) is 6.19. The van der Waals surface area contributed by atoms with Gasteiger partial charge in [-0.15, -0.1) is 0 Å². The van der Waals surface area contributed by atoms with Crippen molar-refractivity contribution in [1.82, 2.24) is 16.0 Å². The number of amides is 4. The zero-order valence-electron chi connectivity index (χ0n) is 14.9. The number of carboxylic acids is 1. The van der Waals surface area contributed by atoms with Crippen molar-refractivity contribution in [1.29, 1.82) is 0 Å². The molecule has 0 aromatic carbocycles. The summed E-state index contributed by atoms with van der Waals surface area (Å²) in [6.07, 6.45) is 0.292. The van der Waals surface area contributed by atoms with E-state index < -0.39 is 54.8 Å². The van der Waals surface area contributed by atoms with E-state index in [1.807, 2.05) is 13.8 Å². The minimum Gasteiger partial charge on any atom is -0.480 e. The van der Waals surface area contributed by atoms with E-state index in [1.54, 1.807) is 0 Å². The minimum absolute atomic E-state index is 0.0519. The van der Waals surface area contributed by atoms with Crippen LogP contribution >= 0.6 is 0 Å². The van der Waals surface area contributed by atoms with E-state index in [-0.39, 0.29) is 18.8 Å². The van der Waals surface area contributed by atoms with Crippen LogP contribution < -0.4 is 27.4 Å². The molecule has 0 heterocycles. The lowest BCUT2D eigenvalue weighted by molar-refractivity contribution is -0.138. The Balaban J connectivity index is 4.51. The Morgan fingerprint density at radius 1 is 1.00 bits per heavy atom. The van der Waals surface area contributed by atoms with Crippen LogP contribution in [0.2, 0.25) is 0 Å². The first kappa shape index (κ1) is 23.3. The fraction of sp³-hybridized carbons (Fsp3) is 0.667. The summed E-state index contributed by atoms with van der Waals surface area (Å²) < 4.78 is 0. The normalized spacial score (nSPS) is 12.8. The van der Waals surface area contributed by atoms with Crippen molar-refractivity contribution >= 4 is 29.6 Å². The molecule has 2 atom stereocenters. The molecule has 0 bridgehead atoms. The molecule has 0 saturated heterocycles. The molecular formula is C15H27N5O6. The highest BCUT2D eigenvalue weighted by atomic mass is 16.4. The third-order valence-electron chi connectivity index (χ3n) is 3.23. The predicted molar refractivity (Wildman–Crippen MR) is 91.4 cm³/mol. The number of carboxylic acid groups (broad SMARTS) is 1. The molecule has 0 aromatic heterocycles. The molecule has 8 N–H and O–H groups in total. The zero-order chi connectivity index (χ0) is 20.3. The molecule has 0 aliphatic carbocycles. The monoisotopic (exact) mass is 373 g/mol. The van der Waals surface area contributed by atoms with Gasteiger partial charge in [-0.05, 0) is 18.8 Å². The van der Waals surface area contributed by atoms with Crippen LogP contribution in [0.1, 0.15) is 33.1 Å². The van der Waals surface area contributed by atoms with E-state index >= 15 is 0 Å². The summed E-state index contributed by atoms with van der Waals surface area (Å²) in [5, 5.41) is 15.5. The van der Waals surface area contributed by atoms with Crippen molar-refractivity contribution < 1.29 is 29.1 Å². The standard InChI is InChI=1S/C15H27N5O6/c1-8(2)5-10(15(26)19-7-13(23)24)20-12(22)6-18-14(25)9(16)3-4-11(17)21/h8-10H,3-7,16H2,1-2H3,(H2,17,21)(H,18,25)(H,19,26)(H,20,22)(H,23,24). The number of hydrogen-bond donors (Lipinski definition) is 6. The van der Waals surface area contributed by atoms with Crippen molar-refractivity contribution in [2.24, 2.45) is 17.4 Å². The molecular weight excluding hydrogens is 346 g/mol. The highest BCUT2D eigenvalue weighted by Gasteiger charge is 2.23. The highest BCUT2D eigenvalue weighted by Crippen LogP contribution is 2.05. The Bertz CT molecular complexity index is 537. The minimum atomic E-state index is -1.20. The number of rotatable bonds is 12. The van der Waals surface area contributed by atoms with E-state index in [0.29, 0.717) is 6.42 Å². The van der Waals surface area contributed by atoms with Crippen molar-refractivity contribution in [2.45, 2.75) is 45.2 Å². The van der Waals surface area contributed by atoms with Gasteiger partial charge >= 0.3 is 5.97 Å². The van der Waals surface area contributed by atoms with Crippen molar-refractivity contribution in [3.05, 3.63) is 0 Å². The van der Waals surface area contributed by atoms with Crippen LogP contribution in [0.4, 0.5) is 0 Å². The zero-order valence-corrected chi connectivity index (χ0v) is 14.9. The SMILES string of the molecule is CC(C)CC(NC(=O)CNC(=O)C(N)CCC(N)=O)C(=O)NCC(=O)O.